The van der Waals surface area contributed by atoms with Crippen molar-refractivity contribution in [3.8, 4) is 5.75 Å². The van der Waals surface area contributed by atoms with E-state index in [4.69, 9.17) is 9.47 Å². The minimum atomic E-state index is -0.676. The highest BCUT2D eigenvalue weighted by Gasteiger charge is 2.25. The molecule has 29 heavy (non-hydrogen) atoms. The lowest BCUT2D eigenvalue weighted by atomic mass is 10.0. The van der Waals surface area contributed by atoms with Gasteiger partial charge in [0, 0.05) is 25.7 Å². The number of ether oxygens (including phenoxy) is 2. The molecule has 1 heterocycles. The molecule has 1 aliphatic rings. The van der Waals surface area contributed by atoms with Crippen molar-refractivity contribution < 1.29 is 23.5 Å². The van der Waals surface area contributed by atoms with Crippen molar-refractivity contribution in [2.24, 2.45) is 0 Å². The molecule has 1 fully saturated rings. The van der Waals surface area contributed by atoms with Crippen LogP contribution in [-0.2, 0) is 16.1 Å². The summed E-state index contributed by atoms with van der Waals surface area (Å²) in [6.07, 6.45) is 0.981. The van der Waals surface area contributed by atoms with E-state index in [1.54, 1.807) is 33.8 Å². The highest BCUT2D eigenvalue weighted by molar-refractivity contribution is 5.85. The van der Waals surface area contributed by atoms with Crippen LogP contribution < -0.4 is 15.4 Å². The van der Waals surface area contributed by atoms with Crippen LogP contribution in [0.1, 0.15) is 46.1 Å². The van der Waals surface area contributed by atoms with E-state index in [1.807, 2.05) is 6.07 Å². The van der Waals surface area contributed by atoms with Crippen LogP contribution in [0.15, 0.2) is 18.2 Å². The first-order chi connectivity index (χ1) is 13.6. The fraction of sp³-hybridized carbons (Fsp3) is 0.619. The summed E-state index contributed by atoms with van der Waals surface area (Å²) >= 11 is 0. The van der Waals surface area contributed by atoms with Crippen LogP contribution in [0.4, 0.5) is 9.18 Å². The van der Waals surface area contributed by atoms with Gasteiger partial charge < -0.3 is 20.1 Å². The van der Waals surface area contributed by atoms with Crippen LogP contribution in [0.5, 0.6) is 5.75 Å². The topological polar surface area (TPSA) is 79.9 Å². The van der Waals surface area contributed by atoms with Gasteiger partial charge in [0.05, 0.1) is 7.11 Å². The molecule has 2 amide bonds. The summed E-state index contributed by atoms with van der Waals surface area (Å²) < 4.78 is 24.0. The van der Waals surface area contributed by atoms with Gasteiger partial charge in [-0.2, -0.15) is 0 Å². The number of methoxy groups -OCH3 is 1. The number of hydrogen-bond acceptors (Lipinski definition) is 5. The van der Waals surface area contributed by atoms with Crippen LogP contribution >= 0.6 is 0 Å². The van der Waals surface area contributed by atoms with Crippen molar-refractivity contribution in [2.45, 2.75) is 64.8 Å². The third-order valence-corrected chi connectivity index (χ3v) is 4.68. The SMILES string of the molecule is COc1ccc(CN2CCC(NC(=O)[C@@H](C)NC(=O)OC(C)(C)C)CC2)cc1F. The molecule has 0 spiro atoms. The van der Waals surface area contributed by atoms with Gasteiger partial charge in [0.2, 0.25) is 5.91 Å². The number of nitrogens with one attached hydrogen (secondary N) is 2. The standard InChI is InChI=1S/C21H32FN3O4/c1-14(23-20(27)29-21(2,3)4)19(26)24-16-8-10-25(11-9-16)13-15-6-7-18(28-5)17(22)12-15/h6-7,12,14,16H,8-11,13H2,1-5H3,(H,23,27)(H,24,26)/t14-/m1/s1. The number of amides is 2. The zero-order valence-electron chi connectivity index (χ0n) is 17.9. The van der Waals surface area contributed by atoms with Gasteiger partial charge in [0.15, 0.2) is 11.6 Å². The largest absolute Gasteiger partial charge is 0.494 e. The zero-order chi connectivity index (χ0) is 21.6. The van der Waals surface area contributed by atoms with E-state index in [-0.39, 0.29) is 23.5 Å². The molecule has 0 aliphatic carbocycles. The Balaban J connectivity index is 1.75. The molecule has 1 saturated heterocycles. The van der Waals surface area contributed by atoms with E-state index in [2.05, 4.69) is 15.5 Å². The number of piperidine rings is 1. The molecule has 8 heteroatoms. The van der Waals surface area contributed by atoms with Crippen LogP contribution in [0.2, 0.25) is 0 Å². The number of nitrogens with zero attached hydrogens (tertiary/aromatic N) is 1. The van der Waals surface area contributed by atoms with Crippen molar-refractivity contribution in [1.82, 2.24) is 15.5 Å². The molecule has 162 valence electrons. The highest BCUT2D eigenvalue weighted by atomic mass is 19.1. The Kier molecular flexibility index (Phi) is 7.84. The Morgan fingerprint density at radius 2 is 1.93 bits per heavy atom. The fourth-order valence-corrected chi connectivity index (χ4v) is 3.18. The first-order valence-corrected chi connectivity index (χ1v) is 9.92. The number of halogens is 1. The van der Waals surface area contributed by atoms with Gasteiger partial charge >= 0.3 is 6.09 Å². The Bertz CT molecular complexity index is 712. The minimum Gasteiger partial charge on any atom is -0.494 e. The summed E-state index contributed by atoms with van der Waals surface area (Å²) in [5.74, 6) is -0.352. The first-order valence-electron chi connectivity index (χ1n) is 9.92. The lowest BCUT2D eigenvalue weighted by molar-refractivity contribution is -0.123. The molecule has 1 aromatic rings. The van der Waals surface area contributed by atoms with Crippen LogP contribution in [-0.4, -0.2) is 54.8 Å². The smallest absolute Gasteiger partial charge is 0.408 e. The number of alkyl carbamates (subject to hydrolysis) is 1. The van der Waals surface area contributed by atoms with E-state index in [9.17, 15) is 14.0 Å². The van der Waals surface area contributed by atoms with E-state index >= 15 is 0 Å². The molecule has 0 saturated carbocycles. The van der Waals surface area contributed by atoms with Gasteiger partial charge in [-0.1, -0.05) is 6.07 Å². The number of carbonyl (C=O) groups excluding carboxylic acids is 2. The van der Waals surface area contributed by atoms with Crippen molar-refractivity contribution in [3.63, 3.8) is 0 Å². The Hall–Kier alpha value is -2.35. The molecule has 1 aliphatic heterocycles. The molecule has 2 rings (SSSR count). The summed E-state index contributed by atoms with van der Waals surface area (Å²) in [6, 6.07) is 4.37. The third kappa shape index (κ3) is 7.53. The monoisotopic (exact) mass is 409 g/mol. The molecule has 1 atom stereocenters. The molecular weight excluding hydrogens is 377 g/mol. The van der Waals surface area contributed by atoms with E-state index < -0.39 is 17.7 Å². The van der Waals surface area contributed by atoms with E-state index in [0.717, 1.165) is 31.5 Å². The fourth-order valence-electron chi connectivity index (χ4n) is 3.18. The predicted molar refractivity (Wildman–Crippen MR) is 108 cm³/mol. The summed E-state index contributed by atoms with van der Waals surface area (Å²) in [5, 5.41) is 5.54. The summed E-state index contributed by atoms with van der Waals surface area (Å²) in [5.41, 5.74) is 0.279. The third-order valence-electron chi connectivity index (χ3n) is 4.68. The Morgan fingerprint density at radius 1 is 1.28 bits per heavy atom. The van der Waals surface area contributed by atoms with Crippen molar-refractivity contribution >= 4 is 12.0 Å². The van der Waals surface area contributed by atoms with E-state index in [0.29, 0.717) is 6.54 Å². The van der Waals surface area contributed by atoms with Crippen LogP contribution in [0.3, 0.4) is 0 Å². The minimum absolute atomic E-state index is 0.0502. The molecule has 0 radical (unpaired) electrons. The highest BCUT2D eigenvalue weighted by Crippen LogP contribution is 2.20. The molecule has 0 aromatic heterocycles. The maximum atomic E-state index is 13.8. The number of carbonyl (C=O) groups is 2. The first kappa shape index (κ1) is 22.9. The maximum Gasteiger partial charge on any atom is 0.408 e. The number of hydrogen-bond donors (Lipinski definition) is 2. The summed E-state index contributed by atoms with van der Waals surface area (Å²) in [6.45, 7) is 9.19. The second-order valence-electron chi connectivity index (χ2n) is 8.40. The predicted octanol–water partition coefficient (Wildman–Crippen LogP) is 2.83. The lowest BCUT2D eigenvalue weighted by Gasteiger charge is -2.33. The molecule has 0 unspecified atom stereocenters. The van der Waals surface area contributed by atoms with Gasteiger partial charge in [0.1, 0.15) is 11.6 Å². The maximum absolute atomic E-state index is 13.8. The van der Waals surface area contributed by atoms with Gasteiger partial charge in [0.25, 0.3) is 0 Å². The average molecular weight is 410 g/mol. The molecule has 1 aromatic carbocycles. The van der Waals surface area contributed by atoms with Crippen LogP contribution in [0, 0.1) is 5.82 Å². The second-order valence-corrected chi connectivity index (χ2v) is 8.40. The molecule has 7 nitrogen and oxygen atoms in total. The van der Waals surface area contributed by atoms with Crippen LogP contribution in [0.25, 0.3) is 0 Å². The normalized spacial score (nSPS) is 16.8. The second kappa shape index (κ2) is 9.91. The molecule has 0 bridgehead atoms. The van der Waals surface area contributed by atoms with Gasteiger partial charge in [-0.15, -0.1) is 0 Å². The van der Waals surface area contributed by atoms with Crippen molar-refractivity contribution in [1.29, 1.82) is 0 Å². The average Bonchev–Trinajstić information content (AvgIpc) is 2.61. The Morgan fingerprint density at radius 3 is 2.48 bits per heavy atom. The number of benzene rings is 1. The number of rotatable bonds is 6. The zero-order valence-corrected chi connectivity index (χ0v) is 17.9. The molecular formula is C21H32FN3O4. The quantitative estimate of drug-likeness (QED) is 0.755. The van der Waals surface area contributed by atoms with Gasteiger partial charge in [-0.3, -0.25) is 9.69 Å². The van der Waals surface area contributed by atoms with Gasteiger partial charge in [-0.05, 0) is 58.2 Å². The molecule has 2 N–H and O–H groups in total. The van der Waals surface area contributed by atoms with E-state index in [1.165, 1.54) is 13.2 Å². The van der Waals surface area contributed by atoms with Crippen molar-refractivity contribution in [2.75, 3.05) is 20.2 Å². The lowest BCUT2D eigenvalue weighted by Crippen LogP contribution is -2.51. The van der Waals surface area contributed by atoms with Gasteiger partial charge in [-0.25, -0.2) is 9.18 Å². The summed E-state index contributed by atoms with van der Waals surface area (Å²) in [4.78, 5) is 26.4. The Labute approximate surface area is 171 Å². The summed E-state index contributed by atoms with van der Waals surface area (Å²) in [7, 11) is 1.45. The van der Waals surface area contributed by atoms with Crippen molar-refractivity contribution in [3.05, 3.63) is 29.6 Å². The number of likely N-dealkylation sites (tertiary alicyclic amines) is 1.